The van der Waals surface area contributed by atoms with Gasteiger partial charge in [-0.15, -0.1) is 0 Å². The van der Waals surface area contributed by atoms with Crippen LogP contribution >= 0.6 is 0 Å². The smallest absolute Gasteiger partial charge is 0.272 e. The van der Waals surface area contributed by atoms with Crippen molar-refractivity contribution in [1.29, 1.82) is 0 Å². The van der Waals surface area contributed by atoms with Gasteiger partial charge in [0.1, 0.15) is 11.5 Å². The summed E-state index contributed by atoms with van der Waals surface area (Å²) >= 11 is 0. The summed E-state index contributed by atoms with van der Waals surface area (Å²) in [6.45, 7) is 1.20. The molecule has 1 fully saturated rings. The number of piperidine rings is 1. The minimum atomic E-state index is -0.238. The minimum absolute atomic E-state index is 0.197. The predicted octanol–water partition coefficient (Wildman–Crippen LogP) is 1.59. The molecule has 0 spiro atoms. The Morgan fingerprint density at radius 3 is 2.63 bits per heavy atom. The molecule has 0 unspecified atom stereocenters. The minimum Gasteiger partial charge on any atom is -0.337 e. The number of benzene rings is 1. The number of carbonyl (C=O) groups excluding carboxylic acids is 1. The largest absolute Gasteiger partial charge is 0.337 e. The van der Waals surface area contributed by atoms with Crippen molar-refractivity contribution in [2.45, 2.75) is 18.8 Å². The Kier molecular flexibility index (Phi) is 4.53. The number of amides is 1. The first kappa shape index (κ1) is 17.1. The fraction of sp³-hybridized carbons (Fsp3) is 0.316. The fourth-order valence-corrected chi connectivity index (χ4v) is 3.27. The highest BCUT2D eigenvalue weighted by atomic mass is 16.2. The molecule has 1 aliphatic heterocycles. The molecule has 0 aliphatic carbocycles. The lowest BCUT2D eigenvalue weighted by molar-refractivity contribution is 0.0704. The number of carbonyl (C=O) groups is 1. The molecule has 2 aromatic heterocycles. The van der Waals surface area contributed by atoms with Gasteiger partial charge in [-0.25, -0.2) is 9.97 Å². The van der Waals surface area contributed by atoms with Gasteiger partial charge in [0.25, 0.3) is 11.5 Å². The van der Waals surface area contributed by atoms with E-state index in [1.165, 1.54) is 17.0 Å². The van der Waals surface area contributed by atoms with Crippen molar-refractivity contribution < 1.29 is 4.79 Å². The maximum atomic E-state index is 12.6. The molecule has 0 radical (unpaired) electrons. The highest BCUT2D eigenvalue weighted by Gasteiger charge is 2.27. The van der Waals surface area contributed by atoms with Crippen molar-refractivity contribution in [3.8, 4) is 11.4 Å². The lowest BCUT2D eigenvalue weighted by Crippen LogP contribution is -2.39. The van der Waals surface area contributed by atoms with Gasteiger partial charge < -0.3 is 9.47 Å². The van der Waals surface area contributed by atoms with Crippen LogP contribution in [0.4, 0.5) is 0 Å². The average Bonchev–Trinajstić information content (AvgIpc) is 3.21. The number of likely N-dealkylation sites (tertiary alicyclic amines) is 1. The molecule has 0 saturated carbocycles. The van der Waals surface area contributed by atoms with Gasteiger partial charge in [0.05, 0.1) is 6.33 Å². The van der Waals surface area contributed by atoms with E-state index in [4.69, 9.17) is 0 Å². The zero-order valence-corrected chi connectivity index (χ0v) is 15.0. The molecule has 1 amide bonds. The Morgan fingerprint density at radius 1 is 1.19 bits per heavy atom. The van der Waals surface area contributed by atoms with Crippen LogP contribution in [0.1, 0.15) is 35.1 Å². The zero-order chi connectivity index (χ0) is 18.8. The van der Waals surface area contributed by atoms with Crippen LogP contribution in [0, 0.1) is 0 Å². The lowest BCUT2D eigenvalue weighted by atomic mass is 9.96. The van der Waals surface area contributed by atoms with Crippen LogP contribution in [0.25, 0.3) is 11.4 Å². The van der Waals surface area contributed by atoms with E-state index >= 15 is 0 Å². The van der Waals surface area contributed by atoms with E-state index < -0.39 is 0 Å². The van der Waals surface area contributed by atoms with Crippen LogP contribution in [-0.4, -0.2) is 48.6 Å². The van der Waals surface area contributed by atoms with Gasteiger partial charge in [-0.3, -0.25) is 14.7 Å². The van der Waals surface area contributed by atoms with E-state index in [-0.39, 0.29) is 23.1 Å². The van der Waals surface area contributed by atoms with Crippen molar-refractivity contribution >= 4 is 5.91 Å². The van der Waals surface area contributed by atoms with Gasteiger partial charge in [-0.05, 0) is 12.8 Å². The monoisotopic (exact) mass is 364 g/mol. The quantitative estimate of drug-likeness (QED) is 0.761. The SMILES string of the molecule is Cn1cnc(C(=O)N2CCC(c3nc(-c4ccccc4)n[nH]3)CC2)cc1=O. The van der Waals surface area contributed by atoms with E-state index in [1.54, 1.807) is 11.9 Å². The number of aromatic nitrogens is 5. The molecule has 8 heteroatoms. The van der Waals surface area contributed by atoms with E-state index in [0.717, 1.165) is 24.2 Å². The molecule has 0 bridgehead atoms. The third-order valence-electron chi connectivity index (χ3n) is 4.90. The number of nitrogens with zero attached hydrogens (tertiary/aromatic N) is 5. The molecule has 27 heavy (non-hydrogen) atoms. The summed E-state index contributed by atoms with van der Waals surface area (Å²) in [6, 6.07) is 11.1. The molecule has 1 aromatic carbocycles. The number of hydrogen-bond donors (Lipinski definition) is 1. The van der Waals surface area contributed by atoms with Crippen LogP contribution in [0.5, 0.6) is 0 Å². The Labute approximate surface area is 155 Å². The standard InChI is InChI=1S/C19H20N6O2/c1-24-12-20-15(11-16(24)26)19(27)25-9-7-14(8-10-25)18-21-17(22-23-18)13-5-3-2-4-6-13/h2-6,11-12,14H,7-10H2,1H3,(H,21,22,23). The number of aryl methyl sites for hydroxylation is 1. The summed E-state index contributed by atoms with van der Waals surface area (Å²) in [5, 5.41) is 7.36. The molecule has 3 heterocycles. The molecule has 1 saturated heterocycles. The summed E-state index contributed by atoms with van der Waals surface area (Å²) < 4.78 is 1.34. The first-order valence-electron chi connectivity index (χ1n) is 8.91. The van der Waals surface area contributed by atoms with Gasteiger partial charge in [-0.2, -0.15) is 5.10 Å². The second-order valence-corrected chi connectivity index (χ2v) is 6.70. The molecule has 8 nitrogen and oxygen atoms in total. The third kappa shape index (κ3) is 3.51. The van der Waals surface area contributed by atoms with E-state index in [2.05, 4.69) is 20.2 Å². The van der Waals surface area contributed by atoms with Crippen molar-refractivity contribution in [3.63, 3.8) is 0 Å². The van der Waals surface area contributed by atoms with E-state index in [9.17, 15) is 9.59 Å². The molecular weight excluding hydrogens is 344 g/mol. The molecule has 138 valence electrons. The van der Waals surface area contributed by atoms with Crippen LogP contribution in [0.3, 0.4) is 0 Å². The Morgan fingerprint density at radius 2 is 1.93 bits per heavy atom. The summed E-state index contributed by atoms with van der Waals surface area (Å²) in [4.78, 5) is 34.7. The van der Waals surface area contributed by atoms with Gasteiger partial charge in [0.2, 0.25) is 0 Å². The van der Waals surface area contributed by atoms with Gasteiger partial charge in [-0.1, -0.05) is 30.3 Å². The summed E-state index contributed by atoms with van der Waals surface area (Å²) in [5.41, 5.74) is 0.935. The fourth-order valence-electron chi connectivity index (χ4n) is 3.27. The maximum Gasteiger partial charge on any atom is 0.272 e. The molecule has 1 N–H and O–H groups in total. The summed E-state index contributed by atoms with van der Waals surface area (Å²) in [7, 11) is 1.61. The van der Waals surface area contributed by atoms with Crippen molar-refractivity contribution in [2.24, 2.45) is 7.05 Å². The Hall–Kier alpha value is -3.29. The first-order chi connectivity index (χ1) is 13.1. The second kappa shape index (κ2) is 7.14. The molecule has 0 atom stereocenters. The van der Waals surface area contributed by atoms with E-state index in [1.807, 2.05) is 30.3 Å². The third-order valence-corrected chi connectivity index (χ3v) is 4.90. The van der Waals surface area contributed by atoms with Crippen LogP contribution in [0.15, 0.2) is 47.5 Å². The van der Waals surface area contributed by atoms with E-state index in [0.29, 0.717) is 18.9 Å². The van der Waals surface area contributed by atoms with Crippen LogP contribution in [0.2, 0.25) is 0 Å². The topological polar surface area (TPSA) is 96.8 Å². The van der Waals surface area contributed by atoms with Gasteiger partial charge in [0.15, 0.2) is 5.82 Å². The maximum absolute atomic E-state index is 12.6. The number of hydrogen-bond acceptors (Lipinski definition) is 5. The number of rotatable bonds is 3. The summed E-state index contributed by atoms with van der Waals surface area (Å²) in [5.74, 6) is 1.57. The lowest BCUT2D eigenvalue weighted by Gasteiger charge is -2.30. The van der Waals surface area contributed by atoms with Crippen molar-refractivity contribution in [1.82, 2.24) is 29.6 Å². The number of nitrogens with one attached hydrogen (secondary N) is 1. The van der Waals surface area contributed by atoms with Crippen molar-refractivity contribution in [3.05, 3.63) is 64.6 Å². The van der Waals surface area contributed by atoms with Crippen LogP contribution < -0.4 is 5.56 Å². The number of aromatic amines is 1. The number of H-pyrrole nitrogens is 1. The molecule has 1 aliphatic rings. The Balaban J connectivity index is 1.42. The molecular formula is C19H20N6O2. The highest BCUT2D eigenvalue weighted by molar-refractivity contribution is 5.92. The second-order valence-electron chi connectivity index (χ2n) is 6.70. The normalized spacial score (nSPS) is 15.1. The molecule has 3 aromatic rings. The van der Waals surface area contributed by atoms with Crippen molar-refractivity contribution in [2.75, 3.05) is 13.1 Å². The van der Waals surface area contributed by atoms with Gasteiger partial charge >= 0.3 is 0 Å². The summed E-state index contributed by atoms with van der Waals surface area (Å²) in [6.07, 6.45) is 2.96. The van der Waals surface area contributed by atoms with Crippen LogP contribution in [-0.2, 0) is 7.05 Å². The van der Waals surface area contributed by atoms with Gasteiger partial charge in [0, 0.05) is 37.7 Å². The highest BCUT2D eigenvalue weighted by Crippen LogP contribution is 2.27. The zero-order valence-electron chi connectivity index (χ0n) is 15.0. The first-order valence-corrected chi connectivity index (χ1v) is 8.91. The molecule has 4 rings (SSSR count). The predicted molar refractivity (Wildman–Crippen MR) is 99.2 cm³/mol. The average molecular weight is 364 g/mol. The Bertz CT molecular complexity index is 1000.